The van der Waals surface area contributed by atoms with Crippen molar-refractivity contribution in [2.24, 2.45) is 14.1 Å². The third-order valence-electron chi connectivity index (χ3n) is 6.55. The number of fused-ring (bicyclic) bond motifs is 2. The van der Waals surface area contributed by atoms with Gasteiger partial charge in [-0.1, -0.05) is 0 Å². The molecule has 1 aliphatic heterocycles. The van der Waals surface area contributed by atoms with Crippen molar-refractivity contribution in [2.45, 2.75) is 26.4 Å². The van der Waals surface area contributed by atoms with Crippen LogP contribution in [0.15, 0.2) is 30.6 Å². The molecule has 0 radical (unpaired) electrons. The number of benzene rings is 2. The Kier molecular flexibility index (Phi) is 6.57. The lowest BCUT2D eigenvalue weighted by molar-refractivity contribution is 0.0240. The standard InChI is InChI=1S/C27H32FN7O4/c1-27(2,3)39-26(37)35-11-9-34(10-12-35)20-8-7-17(23-18(20)15-33(5)31-23)25(36)29-19-13-16-14-32(4)30-22(16)21(28)24(19)38-6/h7-8,13-15H,9-12H2,1-6H3,(H,29,36). The molecule has 2 amide bonds. The topological polar surface area (TPSA) is 107 Å². The molecular weight excluding hydrogens is 505 g/mol. The van der Waals surface area contributed by atoms with Crippen molar-refractivity contribution >= 4 is 45.2 Å². The molecule has 2 aromatic carbocycles. The van der Waals surface area contributed by atoms with Gasteiger partial charge in [-0.15, -0.1) is 0 Å². The summed E-state index contributed by atoms with van der Waals surface area (Å²) < 4.78 is 29.0. The van der Waals surface area contributed by atoms with Crippen LogP contribution in [0.2, 0.25) is 0 Å². The molecule has 11 nitrogen and oxygen atoms in total. The molecule has 5 rings (SSSR count). The molecule has 0 atom stereocenters. The van der Waals surface area contributed by atoms with E-state index >= 15 is 4.39 Å². The van der Waals surface area contributed by atoms with Gasteiger partial charge in [0.1, 0.15) is 16.6 Å². The molecule has 1 aliphatic rings. The average Bonchev–Trinajstić information content (AvgIpc) is 3.44. The minimum atomic E-state index is -0.644. The summed E-state index contributed by atoms with van der Waals surface area (Å²) in [7, 11) is 4.83. The van der Waals surface area contributed by atoms with Gasteiger partial charge < -0.3 is 24.6 Å². The number of hydrogen-bond acceptors (Lipinski definition) is 7. The Morgan fingerprint density at radius 1 is 1.00 bits per heavy atom. The number of carbonyl (C=O) groups is 2. The van der Waals surface area contributed by atoms with E-state index in [0.29, 0.717) is 42.6 Å². The van der Waals surface area contributed by atoms with E-state index in [-0.39, 0.29) is 23.0 Å². The summed E-state index contributed by atoms with van der Waals surface area (Å²) in [5, 5.41) is 12.8. The minimum absolute atomic E-state index is 0.0914. The first-order valence-corrected chi connectivity index (χ1v) is 12.7. The number of methoxy groups -OCH3 is 1. The van der Waals surface area contributed by atoms with Gasteiger partial charge in [-0.3, -0.25) is 14.2 Å². The monoisotopic (exact) mass is 537 g/mol. The summed E-state index contributed by atoms with van der Waals surface area (Å²) in [4.78, 5) is 29.8. The largest absolute Gasteiger partial charge is 0.491 e. The van der Waals surface area contributed by atoms with E-state index in [2.05, 4.69) is 20.4 Å². The molecule has 3 heterocycles. The molecule has 39 heavy (non-hydrogen) atoms. The van der Waals surface area contributed by atoms with Crippen LogP contribution in [0.3, 0.4) is 0 Å². The Morgan fingerprint density at radius 2 is 1.67 bits per heavy atom. The summed E-state index contributed by atoms with van der Waals surface area (Å²) >= 11 is 0. The molecule has 0 bridgehead atoms. The van der Waals surface area contributed by atoms with E-state index < -0.39 is 17.3 Å². The number of ether oxygens (including phenoxy) is 2. The zero-order valence-corrected chi connectivity index (χ0v) is 22.9. The molecule has 0 spiro atoms. The predicted molar refractivity (Wildman–Crippen MR) is 146 cm³/mol. The zero-order chi connectivity index (χ0) is 28.1. The summed E-state index contributed by atoms with van der Waals surface area (Å²) in [5.74, 6) is -1.18. The number of amides is 2. The van der Waals surface area contributed by atoms with E-state index in [1.165, 1.54) is 11.8 Å². The van der Waals surface area contributed by atoms with Crippen LogP contribution in [0.4, 0.5) is 20.6 Å². The van der Waals surface area contributed by atoms with Crippen LogP contribution < -0.4 is 15.0 Å². The van der Waals surface area contributed by atoms with Gasteiger partial charge in [0.05, 0.1) is 18.4 Å². The molecule has 1 fully saturated rings. The van der Waals surface area contributed by atoms with Crippen molar-refractivity contribution in [1.29, 1.82) is 0 Å². The summed E-state index contributed by atoms with van der Waals surface area (Å²) in [6, 6.07) is 5.23. The van der Waals surface area contributed by atoms with E-state index in [4.69, 9.17) is 9.47 Å². The first-order valence-electron chi connectivity index (χ1n) is 12.7. The van der Waals surface area contributed by atoms with Crippen molar-refractivity contribution in [3.05, 3.63) is 42.0 Å². The fourth-order valence-corrected chi connectivity index (χ4v) is 4.83. The summed E-state index contributed by atoms with van der Waals surface area (Å²) in [6.07, 6.45) is 3.21. The van der Waals surface area contributed by atoms with E-state index in [0.717, 1.165) is 11.1 Å². The number of aryl methyl sites for hydroxylation is 2. The highest BCUT2D eigenvalue weighted by atomic mass is 19.1. The van der Waals surface area contributed by atoms with Crippen LogP contribution in [0.25, 0.3) is 21.8 Å². The molecule has 206 valence electrons. The molecule has 0 aliphatic carbocycles. The lowest BCUT2D eigenvalue weighted by Crippen LogP contribution is -2.50. The second-order valence-electron chi connectivity index (χ2n) is 10.6. The van der Waals surface area contributed by atoms with Gasteiger partial charge in [0, 0.05) is 69.1 Å². The molecule has 0 unspecified atom stereocenters. The van der Waals surface area contributed by atoms with Gasteiger partial charge in [-0.05, 0) is 39.0 Å². The van der Waals surface area contributed by atoms with Crippen molar-refractivity contribution in [1.82, 2.24) is 24.5 Å². The highest BCUT2D eigenvalue weighted by Crippen LogP contribution is 2.35. The first-order chi connectivity index (χ1) is 18.4. The quantitative estimate of drug-likeness (QED) is 0.421. The third kappa shape index (κ3) is 5.06. The Balaban J connectivity index is 1.40. The molecule has 1 saturated heterocycles. The summed E-state index contributed by atoms with van der Waals surface area (Å²) in [6.45, 7) is 7.79. The predicted octanol–water partition coefficient (Wildman–Crippen LogP) is 3.92. The number of rotatable bonds is 4. The summed E-state index contributed by atoms with van der Waals surface area (Å²) in [5.41, 5.74) is 1.59. The van der Waals surface area contributed by atoms with Crippen LogP contribution in [-0.4, -0.2) is 75.4 Å². The van der Waals surface area contributed by atoms with Gasteiger partial charge >= 0.3 is 6.09 Å². The number of nitrogens with zero attached hydrogens (tertiary/aromatic N) is 6. The van der Waals surface area contributed by atoms with Crippen LogP contribution in [0.5, 0.6) is 5.75 Å². The van der Waals surface area contributed by atoms with Gasteiger partial charge in [-0.2, -0.15) is 10.2 Å². The maximum atomic E-state index is 15.1. The van der Waals surface area contributed by atoms with Gasteiger partial charge in [0.2, 0.25) is 0 Å². The van der Waals surface area contributed by atoms with Crippen molar-refractivity contribution < 1.29 is 23.5 Å². The van der Waals surface area contributed by atoms with E-state index in [9.17, 15) is 9.59 Å². The Bertz CT molecular complexity index is 1580. The Morgan fingerprint density at radius 3 is 2.33 bits per heavy atom. The van der Waals surface area contributed by atoms with Crippen LogP contribution in [0, 0.1) is 5.82 Å². The molecular formula is C27H32FN7O4. The van der Waals surface area contributed by atoms with Crippen LogP contribution >= 0.6 is 0 Å². The van der Waals surface area contributed by atoms with Gasteiger partial charge in [0.15, 0.2) is 11.6 Å². The van der Waals surface area contributed by atoms with Crippen LogP contribution in [-0.2, 0) is 18.8 Å². The number of hydrogen-bond donors (Lipinski definition) is 1. The SMILES string of the molecule is COc1c(NC(=O)c2ccc(N3CCN(C(=O)OC(C)(C)C)CC3)c3cn(C)nc23)cc2cn(C)nc2c1F. The lowest BCUT2D eigenvalue weighted by Gasteiger charge is -2.37. The number of nitrogens with one attached hydrogen (secondary N) is 1. The molecule has 4 aromatic rings. The first kappa shape index (κ1) is 26.3. The van der Waals surface area contributed by atoms with Crippen molar-refractivity contribution in [3.63, 3.8) is 0 Å². The minimum Gasteiger partial charge on any atom is -0.491 e. The van der Waals surface area contributed by atoms with Crippen molar-refractivity contribution in [2.75, 3.05) is 43.5 Å². The smallest absolute Gasteiger partial charge is 0.410 e. The van der Waals surface area contributed by atoms with Crippen molar-refractivity contribution in [3.8, 4) is 5.75 Å². The Hall–Kier alpha value is -4.35. The maximum Gasteiger partial charge on any atom is 0.410 e. The molecule has 2 aromatic heterocycles. The molecule has 1 N–H and O–H groups in total. The molecule has 12 heteroatoms. The normalized spacial score (nSPS) is 14.2. The van der Waals surface area contributed by atoms with E-state index in [1.807, 2.05) is 33.0 Å². The number of anilines is 2. The van der Waals surface area contributed by atoms with Crippen LogP contribution in [0.1, 0.15) is 31.1 Å². The fraction of sp³-hybridized carbons (Fsp3) is 0.407. The lowest BCUT2D eigenvalue weighted by atomic mass is 10.1. The fourth-order valence-electron chi connectivity index (χ4n) is 4.83. The number of aromatic nitrogens is 4. The highest BCUT2D eigenvalue weighted by Gasteiger charge is 2.28. The Labute approximate surface area is 225 Å². The molecule has 0 saturated carbocycles. The number of halogens is 1. The second kappa shape index (κ2) is 9.75. The highest BCUT2D eigenvalue weighted by molar-refractivity contribution is 6.14. The van der Waals surface area contributed by atoms with E-state index in [1.54, 1.807) is 42.0 Å². The number of carbonyl (C=O) groups excluding carboxylic acids is 2. The maximum absolute atomic E-state index is 15.1. The second-order valence-corrected chi connectivity index (χ2v) is 10.6. The third-order valence-corrected chi connectivity index (χ3v) is 6.55. The average molecular weight is 538 g/mol. The zero-order valence-electron chi connectivity index (χ0n) is 22.9. The van der Waals surface area contributed by atoms with Gasteiger partial charge in [0.25, 0.3) is 5.91 Å². The number of piperazine rings is 1. The van der Waals surface area contributed by atoms with Gasteiger partial charge in [-0.25, -0.2) is 9.18 Å².